The fourth-order valence-corrected chi connectivity index (χ4v) is 3.61. The van der Waals surface area contributed by atoms with E-state index in [1.807, 2.05) is 18.2 Å². The highest BCUT2D eigenvalue weighted by atomic mass is 32.2. The van der Waals surface area contributed by atoms with E-state index >= 15 is 0 Å². The lowest BCUT2D eigenvalue weighted by Gasteiger charge is -2.25. The van der Waals surface area contributed by atoms with E-state index < -0.39 is 5.76 Å². The monoisotopic (exact) mass is 333 g/mol. The number of amides is 1. The Hall–Kier alpha value is -1.88. The van der Waals surface area contributed by atoms with E-state index in [2.05, 4.69) is 11.4 Å². The van der Waals surface area contributed by atoms with E-state index in [0.29, 0.717) is 22.3 Å². The molecule has 0 aliphatic heterocycles. The Kier molecular flexibility index (Phi) is 4.96. The predicted molar refractivity (Wildman–Crippen MR) is 89.1 cm³/mol. The molecule has 120 valence electrons. The molecular weight excluding hydrogens is 316 g/mol. The maximum absolute atomic E-state index is 12.7. The molecule has 0 bridgehead atoms. The summed E-state index contributed by atoms with van der Waals surface area (Å²) in [7, 11) is 0. The van der Waals surface area contributed by atoms with Gasteiger partial charge in [-0.2, -0.15) is 8.78 Å². The molecule has 3 rings (SSSR count). The summed E-state index contributed by atoms with van der Waals surface area (Å²) in [6, 6.07) is 14.6. The van der Waals surface area contributed by atoms with Gasteiger partial charge in [-0.05, 0) is 42.5 Å². The molecule has 0 saturated carbocycles. The third-order valence-electron chi connectivity index (χ3n) is 4.05. The van der Waals surface area contributed by atoms with Gasteiger partial charge in [0.1, 0.15) is 0 Å². The summed E-state index contributed by atoms with van der Waals surface area (Å²) in [5.41, 5.74) is 2.70. The SMILES string of the molecule is O=C(Nc1ccccc1SC(F)F)C1CCCc2ccccc21. The number of anilines is 1. The minimum Gasteiger partial charge on any atom is -0.325 e. The molecule has 5 heteroatoms. The molecule has 1 aliphatic carbocycles. The van der Waals surface area contributed by atoms with Gasteiger partial charge < -0.3 is 5.32 Å². The van der Waals surface area contributed by atoms with Crippen molar-refractivity contribution in [2.75, 3.05) is 5.32 Å². The number of carbonyl (C=O) groups is 1. The zero-order valence-corrected chi connectivity index (χ0v) is 13.3. The van der Waals surface area contributed by atoms with Gasteiger partial charge in [-0.3, -0.25) is 4.79 Å². The number of aryl methyl sites for hydroxylation is 1. The molecule has 1 unspecified atom stereocenters. The van der Waals surface area contributed by atoms with E-state index in [0.717, 1.165) is 24.8 Å². The van der Waals surface area contributed by atoms with Crippen molar-refractivity contribution < 1.29 is 13.6 Å². The van der Waals surface area contributed by atoms with Crippen LogP contribution in [0.4, 0.5) is 14.5 Å². The van der Waals surface area contributed by atoms with Crippen molar-refractivity contribution in [3.63, 3.8) is 0 Å². The molecule has 1 aliphatic rings. The van der Waals surface area contributed by atoms with Gasteiger partial charge in [0.05, 0.1) is 11.6 Å². The number of nitrogens with one attached hydrogen (secondary N) is 1. The maximum atomic E-state index is 12.7. The van der Waals surface area contributed by atoms with Crippen LogP contribution in [0.2, 0.25) is 0 Å². The highest BCUT2D eigenvalue weighted by Gasteiger charge is 2.26. The quantitative estimate of drug-likeness (QED) is 0.792. The molecule has 0 radical (unpaired) electrons. The molecular formula is C18H17F2NOS. The van der Waals surface area contributed by atoms with E-state index in [1.54, 1.807) is 24.3 Å². The zero-order valence-electron chi connectivity index (χ0n) is 12.5. The number of rotatable bonds is 4. The van der Waals surface area contributed by atoms with Crippen molar-refractivity contribution in [1.82, 2.24) is 0 Å². The smallest absolute Gasteiger partial charge is 0.288 e. The van der Waals surface area contributed by atoms with E-state index in [4.69, 9.17) is 0 Å². The molecule has 1 amide bonds. The first-order valence-electron chi connectivity index (χ1n) is 7.57. The lowest BCUT2D eigenvalue weighted by molar-refractivity contribution is -0.117. The molecule has 0 aromatic heterocycles. The second-order valence-corrected chi connectivity index (χ2v) is 6.54. The Morgan fingerprint density at radius 2 is 1.87 bits per heavy atom. The van der Waals surface area contributed by atoms with Gasteiger partial charge in [-0.1, -0.05) is 48.2 Å². The largest absolute Gasteiger partial charge is 0.325 e. The summed E-state index contributed by atoms with van der Waals surface area (Å²) in [6.45, 7) is 0. The number of hydrogen-bond donors (Lipinski definition) is 1. The number of para-hydroxylation sites is 1. The first kappa shape index (κ1) is 16.0. The molecule has 0 fully saturated rings. The van der Waals surface area contributed by atoms with Gasteiger partial charge in [-0.25, -0.2) is 0 Å². The second kappa shape index (κ2) is 7.13. The van der Waals surface area contributed by atoms with Crippen LogP contribution in [0.3, 0.4) is 0 Å². The summed E-state index contributed by atoms with van der Waals surface area (Å²) in [6.07, 6.45) is 2.73. The summed E-state index contributed by atoms with van der Waals surface area (Å²) < 4.78 is 25.3. The number of thioether (sulfide) groups is 1. The highest BCUT2D eigenvalue weighted by Crippen LogP contribution is 2.35. The van der Waals surface area contributed by atoms with Crippen LogP contribution in [-0.4, -0.2) is 11.7 Å². The minimum atomic E-state index is -2.51. The van der Waals surface area contributed by atoms with Gasteiger partial charge in [0.25, 0.3) is 5.76 Å². The highest BCUT2D eigenvalue weighted by molar-refractivity contribution is 7.99. The fraction of sp³-hybridized carbons (Fsp3) is 0.278. The summed E-state index contributed by atoms with van der Waals surface area (Å²) >= 11 is 0.451. The molecule has 23 heavy (non-hydrogen) atoms. The van der Waals surface area contributed by atoms with Crippen molar-refractivity contribution >= 4 is 23.4 Å². The van der Waals surface area contributed by atoms with Crippen LogP contribution < -0.4 is 5.32 Å². The van der Waals surface area contributed by atoms with Crippen LogP contribution in [0.25, 0.3) is 0 Å². The number of carbonyl (C=O) groups excluding carboxylic acids is 1. The number of halogens is 2. The molecule has 1 N–H and O–H groups in total. The van der Waals surface area contributed by atoms with Crippen molar-refractivity contribution in [3.8, 4) is 0 Å². The van der Waals surface area contributed by atoms with Crippen LogP contribution in [-0.2, 0) is 11.2 Å². The topological polar surface area (TPSA) is 29.1 Å². The minimum absolute atomic E-state index is 0.125. The Bertz CT molecular complexity index is 705. The third-order valence-corrected chi connectivity index (χ3v) is 4.84. The zero-order chi connectivity index (χ0) is 16.2. The van der Waals surface area contributed by atoms with Gasteiger partial charge >= 0.3 is 0 Å². The Balaban J connectivity index is 1.81. The van der Waals surface area contributed by atoms with E-state index in [9.17, 15) is 13.6 Å². The Labute approximate surface area is 138 Å². The summed E-state index contributed by atoms with van der Waals surface area (Å²) in [5.74, 6) is -2.85. The Morgan fingerprint density at radius 1 is 1.13 bits per heavy atom. The molecule has 0 heterocycles. The van der Waals surface area contributed by atoms with Crippen molar-refractivity contribution in [1.29, 1.82) is 0 Å². The van der Waals surface area contributed by atoms with Gasteiger partial charge in [-0.15, -0.1) is 0 Å². The fourth-order valence-electron chi connectivity index (χ4n) is 3.01. The normalized spacial score (nSPS) is 16.9. The number of benzene rings is 2. The maximum Gasteiger partial charge on any atom is 0.288 e. The first-order chi connectivity index (χ1) is 11.1. The number of fused-ring (bicyclic) bond motifs is 1. The Morgan fingerprint density at radius 3 is 2.70 bits per heavy atom. The summed E-state index contributed by atoms with van der Waals surface area (Å²) in [5, 5.41) is 2.83. The molecule has 0 spiro atoms. The third kappa shape index (κ3) is 3.72. The second-order valence-electron chi connectivity index (χ2n) is 5.51. The molecule has 2 nitrogen and oxygen atoms in total. The van der Waals surface area contributed by atoms with Gasteiger partial charge in [0.2, 0.25) is 5.91 Å². The molecule has 1 atom stereocenters. The lowest BCUT2D eigenvalue weighted by atomic mass is 9.82. The van der Waals surface area contributed by atoms with Crippen LogP contribution in [0.5, 0.6) is 0 Å². The van der Waals surface area contributed by atoms with Crippen LogP contribution in [0, 0.1) is 0 Å². The van der Waals surface area contributed by atoms with Crippen LogP contribution in [0.1, 0.15) is 29.9 Å². The van der Waals surface area contributed by atoms with Crippen molar-refractivity contribution in [2.24, 2.45) is 0 Å². The van der Waals surface area contributed by atoms with E-state index in [-0.39, 0.29) is 11.8 Å². The van der Waals surface area contributed by atoms with Crippen molar-refractivity contribution in [3.05, 3.63) is 59.7 Å². The summed E-state index contributed by atoms with van der Waals surface area (Å²) in [4.78, 5) is 13.0. The standard InChI is InChI=1S/C18H17F2NOS/c19-18(20)23-16-11-4-3-10-15(16)21-17(22)14-9-5-7-12-6-1-2-8-13(12)14/h1-4,6,8,10-11,14,18H,5,7,9H2,(H,21,22). The van der Waals surface area contributed by atoms with Gasteiger partial charge in [0, 0.05) is 4.90 Å². The van der Waals surface area contributed by atoms with Crippen molar-refractivity contribution in [2.45, 2.75) is 35.8 Å². The van der Waals surface area contributed by atoms with Gasteiger partial charge in [0.15, 0.2) is 0 Å². The predicted octanol–water partition coefficient (Wildman–Crippen LogP) is 5.06. The average Bonchev–Trinajstić information content (AvgIpc) is 2.55. The molecule has 0 saturated heterocycles. The first-order valence-corrected chi connectivity index (χ1v) is 8.45. The molecule has 2 aromatic carbocycles. The number of alkyl halides is 2. The van der Waals surface area contributed by atoms with E-state index in [1.165, 1.54) is 5.56 Å². The molecule has 2 aromatic rings. The lowest BCUT2D eigenvalue weighted by Crippen LogP contribution is -2.25. The number of hydrogen-bond acceptors (Lipinski definition) is 2. The van der Waals surface area contributed by atoms with Crippen LogP contribution >= 0.6 is 11.8 Å². The van der Waals surface area contributed by atoms with Crippen LogP contribution in [0.15, 0.2) is 53.4 Å². The average molecular weight is 333 g/mol.